The minimum absolute atomic E-state index is 0.286. The van der Waals surface area contributed by atoms with Gasteiger partial charge in [0, 0.05) is 12.4 Å². The lowest BCUT2D eigenvalue weighted by molar-refractivity contribution is 0.0395. The van der Waals surface area contributed by atoms with Gasteiger partial charge in [0.2, 0.25) is 0 Å². The van der Waals surface area contributed by atoms with E-state index in [0.717, 1.165) is 18.4 Å². The highest BCUT2D eigenvalue weighted by molar-refractivity contribution is 7.98. The number of nitrogens with zero attached hydrogens (tertiary/aromatic N) is 2. The van der Waals surface area contributed by atoms with Gasteiger partial charge in [0.1, 0.15) is 0 Å². The maximum absolute atomic E-state index is 11.8. The fourth-order valence-corrected chi connectivity index (χ4v) is 2.99. The number of hydrogen-bond donors (Lipinski definition) is 1. The molecule has 110 valence electrons. The Morgan fingerprint density at radius 1 is 1.33 bits per heavy atom. The number of aromatic amines is 1. The number of rotatable bonds is 4. The molecule has 1 atom stereocenters. The molecule has 3 rings (SSSR count). The fourth-order valence-electron chi connectivity index (χ4n) is 2.17. The van der Waals surface area contributed by atoms with Crippen molar-refractivity contribution in [2.24, 2.45) is 0 Å². The van der Waals surface area contributed by atoms with Crippen molar-refractivity contribution >= 4 is 11.8 Å². The zero-order chi connectivity index (χ0) is 14.7. The standard InChI is InChI=1S/C14H15N3O3S/c18-12-13(21-9-10-5-2-1-3-6-10)16-17(14(19)15-12)11-7-4-8-20-11/h1-3,5-6,11H,4,7-9H2,(H,15,18,19)/t11-/m1/s1. The van der Waals surface area contributed by atoms with E-state index in [1.807, 2.05) is 30.3 Å². The van der Waals surface area contributed by atoms with Gasteiger partial charge in [0.25, 0.3) is 5.56 Å². The van der Waals surface area contributed by atoms with E-state index in [-0.39, 0.29) is 11.3 Å². The lowest BCUT2D eigenvalue weighted by Gasteiger charge is -2.11. The lowest BCUT2D eigenvalue weighted by atomic mass is 10.2. The molecule has 1 aromatic carbocycles. The van der Waals surface area contributed by atoms with E-state index in [1.54, 1.807) is 0 Å². The van der Waals surface area contributed by atoms with Crippen LogP contribution in [-0.4, -0.2) is 21.4 Å². The molecule has 1 N–H and O–H groups in total. The number of aromatic nitrogens is 3. The Morgan fingerprint density at radius 2 is 2.14 bits per heavy atom. The number of hydrogen-bond acceptors (Lipinski definition) is 5. The zero-order valence-electron chi connectivity index (χ0n) is 11.3. The minimum atomic E-state index is -0.518. The summed E-state index contributed by atoms with van der Waals surface area (Å²) in [6.07, 6.45) is 1.26. The monoisotopic (exact) mass is 305 g/mol. The predicted octanol–water partition coefficient (Wildman–Crippen LogP) is 1.53. The molecule has 0 saturated carbocycles. The Kier molecular flexibility index (Phi) is 4.21. The maximum Gasteiger partial charge on any atom is 0.347 e. The van der Waals surface area contributed by atoms with Crippen molar-refractivity contribution in [3.05, 3.63) is 56.7 Å². The molecule has 1 fully saturated rings. The molecule has 0 spiro atoms. The molecule has 1 saturated heterocycles. The molecule has 0 amide bonds. The van der Waals surface area contributed by atoms with Crippen LogP contribution in [-0.2, 0) is 10.5 Å². The predicted molar refractivity (Wildman–Crippen MR) is 79.3 cm³/mol. The molecule has 0 radical (unpaired) electrons. The summed E-state index contributed by atoms with van der Waals surface area (Å²) in [7, 11) is 0. The van der Waals surface area contributed by atoms with E-state index in [0.29, 0.717) is 12.4 Å². The highest BCUT2D eigenvalue weighted by Gasteiger charge is 2.21. The van der Waals surface area contributed by atoms with Crippen LogP contribution in [0.5, 0.6) is 0 Å². The second-order valence-corrected chi connectivity index (χ2v) is 5.71. The summed E-state index contributed by atoms with van der Waals surface area (Å²) < 4.78 is 6.68. The quantitative estimate of drug-likeness (QED) is 0.867. The molecule has 0 bridgehead atoms. The fraction of sp³-hybridized carbons (Fsp3) is 0.357. The second kappa shape index (κ2) is 6.28. The Labute approximate surface area is 125 Å². The summed E-state index contributed by atoms with van der Waals surface area (Å²) in [6, 6.07) is 9.80. The number of H-pyrrole nitrogens is 1. The average molecular weight is 305 g/mol. The first-order valence-electron chi connectivity index (χ1n) is 6.75. The van der Waals surface area contributed by atoms with Gasteiger partial charge in [-0.2, -0.15) is 9.78 Å². The van der Waals surface area contributed by atoms with Gasteiger partial charge in [0.15, 0.2) is 11.3 Å². The van der Waals surface area contributed by atoms with E-state index < -0.39 is 11.2 Å². The molecule has 21 heavy (non-hydrogen) atoms. The van der Waals surface area contributed by atoms with E-state index in [9.17, 15) is 9.59 Å². The summed E-state index contributed by atoms with van der Waals surface area (Å²) in [5.41, 5.74) is 0.129. The number of thioether (sulfide) groups is 1. The van der Waals surface area contributed by atoms with Crippen molar-refractivity contribution in [2.75, 3.05) is 6.61 Å². The Balaban J connectivity index is 1.83. The van der Waals surface area contributed by atoms with Crippen LogP contribution in [0.15, 0.2) is 44.9 Å². The van der Waals surface area contributed by atoms with Crippen molar-refractivity contribution in [2.45, 2.75) is 29.8 Å². The summed E-state index contributed by atoms with van der Waals surface area (Å²) >= 11 is 1.31. The highest BCUT2D eigenvalue weighted by Crippen LogP contribution is 2.21. The Hall–Kier alpha value is -1.86. The molecule has 0 unspecified atom stereocenters. The maximum atomic E-state index is 11.8. The average Bonchev–Trinajstić information content (AvgIpc) is 3.01. The van der Waals surface area contributed by atoms with Crippen LogP contribution in [0.2, 0.25) is 0 Å². The van der Waals surface area contributed by atoms with Gasteiger partial charge in [0.05, 0.1) is 0 Å². The van der Waals surface area contributed by atoms with Gasteiger partial charge in [-0.25, -0.2) is 4.79 Å². The van der Waals surface area contributed by atoms with Crippen LogP contribution >= 0.6 is 11.8 Å². The van der Waals surface area contributed by atoms with Crippen LogP contribution in [0, 0.1) is 0 Å². The van der Waals surface area contributed by atoms with E-state index in [1.165, 1.54) is 16.4 Å². The van der Waals surface area contributed by atoms with Crippen molar-refractivity contribution in [3.8, 4) is 0 Å². The second-order valence-electron chi connectivity index (χ2n) is 4.75. The number of benzene rings is 1. The molecule has 1 aliphatic rings. The minimum Gasteiger partial charge on any atom is -0.356 e. The van der Waals surface area contributed by atoms with Crippen LogP contribution in [0.1, 0.15) is 24.6 Å². The highest BCUT2D eigenvalue weighted by atomic mass is 32.2. The third-order valence-corrected chi connectivity index (χ3v) is 4.24. The molecule has 0 aliphatic carbocycles. The molecule has 1 aromatic heterocycles. The van der Waals surface area contributed by atoms with Crippen LogP contribution in [0.4, 0.5) is 0 Å². The first-order valence-corrected chi connectivity index (χ1v) is 7.74. The third kappa shape index (κ3) is 3.25. The van der Waals surface area contributed by atoms with E-state index >= 15 is 0 Å². The Bertz CT molecular complexity index is 720. The van der Waals surface area contributed by atoms with Crippen molar-refractivity contribution < 1.29 is 4.74 Å². The molecule has 2 heterocycles. The van der Waals surface area contributed by atoms with Gasteiger partial charge in [-0.15, -0.1) is 0 Å². The molecular weight excluding hydrogens is 290 g/mol. The van der Waals surface area contributed by atoms with Gasteiger partial charge in [-0.05, 0) is 18.4 Å². The van der Waals surface area contributed by atoms with Gasteiger partial charge < -0.3 is 4.74 Å². The Morgan fingerprint density at radius 3 is 2.86 bits per heavy atom. The SMILES string of the molecule is O=c1[nH]c(=O)n([C@H]2CCCO2)nc1SCc1ccccc1. The first kappa shape index (κ1) is 14.1. The largest absolute Gasteiger partial charge is 0.356 e. The lowest BCUT2D eigenvalue weighted by Crippen LogP contribution is -2.35. The van der Waals surface area contributed by atoms with Crippen LogP contribution < -0.4 is 11.2 Å². The molecule has 6 nitrogen and oxygen atoms in total. The van der Waals surface area contributed by atoms with Crippen molar-refractivity contribution in [1.29, 1.82) is 0 Å². The smallest absolute Gasteiger partial charge is 0.347 e. The van der Waals surface area contributed by atoms with Gasteiger partial charge in [-0.1, -0.05) is 42.1 Å². The molecule has 2 aromatic rings. The third-order valence-electron chi connectivity index (χ3n) is 3.22. The van der Waals surface area contributed by atoms with Gasteiger partial charge >= 0.3 is 5.69 Å². The zero-order valence-corrected chi connectivity index (χ0v) is 12.1. The number of nitrogens with one attached hydrogen (secondary N) is 1. The van der Waals surface area contributed by atoms with Crippen molar-refractivity contribution in [1.82, 2.24) is 14.8 Å². The summed E-state index contributed by atoms with van der Waals surface area (Å²) in [5.74, 6) is 0.626. The molecule has 1 aliphatic heterocycles. The molecule has 7 heteroatoms. The van der Waals surface area contributed by atoms with E-state index in [4.69, 9.17) is 4.74 Å². The van der Waals surface area contributed by atoms with Crippen LogP contribution in [0.25, 0.3) is 0 Å². The van der Waals surface area contributed by atoms with Gasteiger partial charge in [-0.3, -0.25) is 9.78 Å². The van der Waals surface area contributed by atoms with E-state index in [2.05, 4.69) is 10.1 Å². The van der Waals surface area contributed by atoms with Crippen LogP contribution in [0.3, 0.4) is 0 Å². The normalized spacial score (nSPS) is 18.0. The summed E-state index contributed by atoms with van der Waals surface area (Å²) in [4.78, 5) is 26.0. The molecular formula is C14H15N3O3S. The number of ether oxygens (including phenoxy) is 1. The summed E-state index contributed by atoms with van der Waals surface area (Å²) in [6.45, 7) is 0.615. The first-order chi connectivity index (χ1) is 10.2. The summed E-state index contributed by atoms with van der Waals surface area (Å²) in [5, 5.41) is 4.45. The van der Waals surface area contributed by atoms with Crippen molar-refractivity contribution in [3.63, 3.8) is 0 Å². The topological polar surface area (TPSA) is 77.0 Å².